The number of nitrogen functional groups attached to an aromatic ring is 1. The molecule has 0 aromatic heterocycles. The van der Waals surface area contributed by atoms with E-state index in [0.29, 0.717) is 5.69 Å². The second kappa shape index (κ2) is 5.12. The van der Waals surface area contributed by atoms with Crippen molar-refractivity contribution < 1.29 is 35.8 Å². The SMILES string of the molecule is Nc1ccc(S(=O)(=O)[N-][N+](=O)[O-])cc1.[Ag+]. The topological polar surface area (TPSA) is 117 Å². The van der Waals surface area contributed by atoms with Gasteiger partial charge in [0.1, 0.15) is 0 Å². The van der Waals surface area contributed by atoms with Gasteiger partial charge in [0.05, 0.1) is 4.90 Å². The smallest absolute Gasteiger partial charge is 0.399 e. The molecule has 0 atom stereocenters. The number of benzene rings is 1. The molecule has 1 aromatic rings. The van der Waals surface area contributed by atoms with Crippen molar-refractivity contribution in [2.75, 3.05) is 5.73 Å². The fourth-order valence-corrected chi connectivity index (χ4v) is 1.52. The first-order chi connectivity index (χ1) is 6.42. The number of nitrogens with zero attached hydrogens (tertiary/aromatic N) is 2. The average molecular weight is 324 g/mol. The minimum atomic E-state index is -4.21. The Kier molecular flexibility index (Phi) is 4.75. The fourth-order valence-electron chi connectivity index (χ4n) is 0.775. The number of anilines is 1. The van der Waals surface area contributed by atoms with Gasteiger partial charge in [-0.1, -0.05) is 0 Å². The Morgan fingerprint density at radius 2 is 1.73 bits per heavy atom. The number of sulfonamides is 1. The molecule has 0 unspecified atom stereocenters. The molecule has 0 saturated heterocycles. The van der Waals surface area contributed by atoms with E-state index in [0.717, 1.165) is 12.1 Å². The Morgan fingerprint density at radius 3 is 2.13 bits per heavy atom. The van der Waals surface area contributed by atoms with E-state index in [9.17, 15) is 18.5 Å². The zero-order chi connectivity index (χ0) is 10.8. The Balaban J connectivity index is 0.00000196. The molecule has 0 aliphatic carbocycles. The molecule has 0 spiro atoms. The van der Waals surface area contributed by atoms with E-state index in [-0.39, 0.29) is 27.3 Å². The number of nitrogens with two attached hydrogens (primary N) is 1. The summed E-state index contributed by atoms with van der Waals surface area (Å²) in [5.41, 5.74) is 5.68. The van der Waals surface area contributed by atoms with Gasteiger partial charge in [-0.15, -0.1) is 0 Å². The normalized spacial score (nSPS) is 10.1. The molecule has 0 fully saturated rings. The van der Waals surface area contributed by atoms with Crippen molar-refractivity contribution >= 4 is 15.7 Å². The van der Waals surface area contributed by atoms with E-state index < -0.39 is 15.1 Å². The summed E-state index contributed by atoms with van der Waals surface area (Å²) >= 11 is 0. The van der Waals surface area contributed by atoms with E-state index in [1.54, 1.807) is 0 Å². The monoisotopic (exact) mass is 323 g/mol. The quantitative estimate of drug-likeness (QED) is 0.376. The molecule has 0 bridgehead atoms. The molecule has 7 nitrogen and oxygen atoms in total. The van der Waals surface area contributed by atoms with Crippen LogP contribution in [0.15, 0.2) is 29.2 Å². The molecule has 1 rings (SSSR count). The number of hydrogen-bond donors (Lipinski definition) is 1. The van der Waals surface area contributed by atoms with Crippen LogP contribution in [0, 0.1) is 10.1 Å². The third-order valence-electron chi connectivity index (χ3n) is 1.35. The molecular weight excluding hydrogens is 318 g/mol. The molecule has 0 saturated carbocycles. The van der Waals surface area contributed by atoms with Crippen molar-refractivity contribution in [1.82, 2.24) is 0 Å². The van der Waals surface area contributed by atoms with Crippen molar-refractivity contribution in [3.05, 3.63) is 39.2 Å². The average Bonchev–Trinajstić information content (AvgIpc) is 2.02. The molecule has 86 valence electrons. The summed E-state index contributed by atoms with van der Waals surface area (Å²) in [7, 11) is -4.21. The van der Waals surface area contributed by atoms with Crippen LogP contribution in [0.4, 0.5) is 5.69 Å². The first-order valence-corrected chi connectivity index (χ1v) is 4.84. The van der Waals surface area contributed by atoms with Gasteiger partial charge in [-0.05, 0) is 29.3 Å². The van der Waals surface area contributed by atoms with E-state index in [4.69, 9.17) is 5.73 Å². The zero-order valence-corrected chi connectivity index (χ0v) is 9.42. The van der Waals surface area contributed by atoms with Gasteiger partial charge in [-0.25, -0.2) is 8.42 Å². The minimum absolute atomic E-state index is 0. The molecular formula is C6H6AgN3O4S. The van der Waals surface area contributed by atoms with Crippen molar-refractivity contribution in [2.24, 2.45) is 0 Å². The van der Waals surface area contributed by atoms with Gasteiger partial charge in [0.15, 0.2) is 10.0 Å². The summed E-state index contributed by atoms with van der Waals surface area (Å²) in [4.78, 5) is 12.0. The summed E-state index contributed by atoms with van der Waals surface area (Å²) in [6, 6.07) is 4.94. The second-order valence-electron chi connectivity index (χ2n) is 2.36. The number of hydrogen-bond acceptors (Lipinski definition) is 5. The van der Waals surface area contributed by atoms with E-state index in [2.05, 4.69) is 4.83 Å². The van der Waals surface area contributed by atoms with Crippen molar-refractivity contribution in [2.45, 2.75) is 4.90 Å². The molecule has 9 heteroatoms. The molecule has 15 heavy (non-hydrogen) atoms. The summed E-state index contributed by atoms with van der Waals surface area (Å²) in [6.45, 7) is 0. The van der Waals surface area contributed by atoms with E-state index >= 15 is 0 Å². The number of rotatable bonds is 3. The van der Waals surface area contributed by atoms with Crippen LogP contribution in [-0.2, 0) is 32.4 Å². The van der Waals surface area contributed by atoms with E-state index in [1.807, 2.05) is 0 Å². The second-order valence-corrected chi connectivity index (χ2v) is 3.95. The Hall–Kier alpha value is -1.09. The van der Waals surface area contributed by atoms with Crippen LogP contribution < -0.4 is 5.73 Å². The van der Waals surface area contributed by atoms with Gasteiger partial charge in [0.25, 0.3) is 0 Å². The number of nitro groups is 1. The largest absolute Gasteiger partial charge is 1.00 e. The van der Waals surface area contributed by atoms with Crippen LogP contribution in [0.2, 0.25) is 0 Å². The van der Waals surface area contributed by atoms with Crippen LogP contribution in [0.5, 0.6) is 0 Å². The van der Waals surface area contributed by atoms with Crippen LogP contribution in [-0.4, -0.2) is 13.5 Å². The van der Waals surface area contributed by atoms with Crippen molar-refractivity contribution in [1.29, 1.82) is 0 Å². The third kappa shape index (κ3) is 3.88. The fraction of sp³-hybridized carbons (Fsp3) is 0. The zero-order valence-electron chi connectivity index (χ0n) is 7.12. The molecule has 0 amide bonds. The van der Waals surface area contributed by atoms with E-state index in [1.165, 1.54) is 12.1 Å². The predicted octanol–water partition coefficient (Wildman–Crippen LogP) is 0.520. The molecule has 0 aliphatic rings. The Morgan fingerprint density at radius 1 is 1.27 bits per heavy atom. The third-order valence-corrected chi connectivity index (χ3v) is 2.57. The molecule has 0 heterocycles. The van der Waals surface area contributed by atoms with Crippen molar-refractivity contribution in [3.8, 4) is 0 Å². The van der Waals surface area contributed by atoms with Gasteiger partial charge in [-0.3, -0.25) is 14.9 Å². The maximum Gasteiger partial charge on any atom is 1.00 e. The summed E-state index contributed by atoms with van der Waals surface area (Å²) < 4.78 is 22.2. The molecule has 0 aliphatic heterocycles. The summed E-state index contributed by atoms with van der Waals surface area (Å²) in [5, 5.41) is 8.63. The first kappa shape index (κ1) is 13.9. The van der Waals surface area contributed by atoms with Crippen LogP contribution in [0.1, 0.15) is 0 Å². The molecule has 1 aromatic carbocycles. The van der Waals surface area contributed by atoms with Crippen LogP contribution >= 0.6 is 0 Å². The summed E-state index contributed by atoms with van der Waals surface area (Å²) in [6.07, 6.45) is 0. The molecule has 2 N–H and O–H groups in total. The Labute approximate surface area is 101 Å². The van der Waals surface area contributed by atoms with Gasteiger partial charge in [0, 0.05) is 5.69 Å². The minimum Gasteiger partial charge on any atom is -0.399 e. The summed E-state index contributed by atoms with van der Waals surface area (Å²) in [5.74, 6) is 0. The predicted molar refractivity (Wildman–Crippen MR) is 48.4 cm³/mol. The maximum atomic E-state index is 11.1. The van der Waals surface area contributed by atoms with Gasteiger partial charge < -0.3 is 5.73 Å². The van der Waals surface area contributed by atoms with Crippen LogP contribution in [0.25, 0.3) is 4.83 Å². The standard InChI is InChI=1S/C6H6N3O4S.Ag/c7-5-1-3-6(4-2-5)14(12,13)8-9(10)11;/h1-4H,7H2;/q-1;+1. The maximum absolute atomic E-state index is 11.1. The van der Waals surface area contributed by atoms with Gasteiger partial charge in [0.2, 0.25) is 0 Å². The Bertz CT molecular complexity index is 444. The van der Waals surface area contributed by atoms with Gasteiger partial charge in [-0.2, -0.15) is 0 Å². The first-order valence-electron chi connectivity index (χ1n) is 3.40. The van der Waals surface area contributed by atoms with Gasteiger partial charge >= 0.3 is 22.4 Å². The van der Waals surface area contributed by atoms with Crippen LogP contribution in [0.3, 0.4) is 0 Å². The molecule has 0 radical (unpaired) electrons. The van der Waals surface area contributed by atoms with Crippen molar-refractivity contribution in [3.63, 3.8) is 0 Å².